The molecule has 0 aliphatic rings. The van der Waals surface area contributed by atoms with Crippen molar-refractivity contribution >= 4 is 0 Å². The number of nitrogens with one attached hydrogen (secondary N) is 1. The van der Waals surface area contributed by atoms with Gasteiger partial charge in [-0.2, -0.15) is 0 Å². The first-order valence-corrected chi connectivity index (χ1v) is 4.00. The Bertz CT molecular complexity index is 213. The fourth-order valence-corrected chi connectivity index (χ4v) is 1.25. The van der Waals surface area contributed by atoms with E-state index < -0.39 is 0 Å². The maximum absolute atomic E-state index is 5.21. The Morgan fingerprint density at radius 1 is 1.64 bits per heavy atom. The second-order valence-corrected chi connectivity index (χ2v) is 2.74. The molecule has 0 fully saturated rings. The van der Waals surface area contributed by atoms with Crippen molar-refractivity contribution in [3.63, 3.8) is 0 Å². The predicted octanol–water partition coefficient (Wildman–Crippen LogP) is 2.26. The highest BCUT2D eigenvalue weighted by atomic mass is 16.3. The van der Waals surface area contributed by atoms with Crippen molar-refractivity contribution in [3.05, 3.63) is 23.7 Å². The zero-order valence-corrected chi connectivity index (χ0v) is 7.35. The van der Waals surface area contributed by atoms with Crippen molar-refractivity contribution in [3.8, 4) is 0 Å². The zero-order chi connectivity index (χ0) is 8.27. The normalized spacial score (nSPS) is 13.4. The molecule has 1 rings (SSSR count). The Balaban J connectivity index is 2.73. The van der Waals surface area contributed by atoms with Crippen LogP contribution >= 0.6 is 0 Å². The molecule has 1 unspecified atom stereocenters. The van der Waals surface area contributed by atoms with Crippen LogP contribution in [0.1, 0.15) is 30.7 Å². The molecule has 0 radical (unpaired) electrons. The highest BCUT2D eigenvalue weighted by Gasteiger charge is 2.07. The third kappa shape index (κ3) is 1.84. The summed E-state index contributed by atoms with van der Waals surface area (Å²) in [6.07, 6.45) is 2.91. The fourth-order valence-electron chi connectivity index (χ4n) is 1.25. The molecule has 0 aliphatic heterocycles. The molecule has 0 spiro atoms. The average Bonchev–Trinajstić information content (AvgIpc) is 2.39. The van der Waals surface area contributed by atoms with Gasteiger partial charge in [0.2, 0.25) is 0 Å². The molecule has 1 aromatic rings. The Morgan fingerprint density at radius 3 is 2.73 bits per heavy atom. The molecule has 2 nitrogen and oxygen atoms in total. The van der Waals surface area contributed by atoms with E-state index in [2.05, 4.69) is 18.3 Å². The lowest BCUT2D eigenvalue weighted by atomic mass is 10.1. The van der Waals surface area contributed by atoms with Gasteiger partial charge < -0.3 is 9.73 Å². The molecule has 1 heterocycles. The summed E-state index contributed by atoms with van der Waals surface area (Å²) in [6.45, 7) is 4.12. The van der Waals surface area contributed by atoms with Crippen LogP contribution in [0.2, 0.25) is 0 Å². The highest BCUT2D eigenvalue weighted by molar-refractivity contribution is 5.15. The van der Waals surface area contributed by atoms with E-state index in [-0.39, 0.29) is 0 Å². The smallest absolute Gasteiger partial charge is 0.101 e. The lowest BCUT2D eigenvalue weighted by Crippen LogP contribution is -2.14. The standard InChI is InChI=1S/C9H15NO/c1-4-9(10-3)8-5-7(2)11-6-8/h5-6,9-10H,4H2,1-3H3. The minimum Gasteiger partial charge on any atom is -0.469 e. The average molecular weight is 153 g/mol. The summed E-state index contributed by atoms with van der Waals surface area (Å²) >= 11 is 0. The molecule has 2 heteroatoms. The van der Waals surface area contributed by atoms with Gasteiger partial charge in [-0.15, -0.1) is 0 Å². The summed E-state index contributed by atoms with van der Waals surface area (Å²) in [5.41, 5.74) is 1.24. The van der Waals surface area contributed by atoms with Crippen LogP contribution in [0.5, 0.6) is 0 Å². The maximum Gasteiger partial charge on any atom is 0.101 e. The number of hydrogen-bond acceptors (Lipinski definition) is 2. The van der Waals surface area contributed by atoms with Crippen LogP contribution in [0.15, 0.2) is 16.7 Å². The third-order valence-corrected chi connectivity index (χ3v) is 1.91. The van der Waals surface area contributed by atoms with Gasteiger partial charge in [0.15, 0.2) is 0 Å². The molecule has 62 valence electrons. The van der Waals surface area contributed by atoms with Gasteiger partial charge in [0.05, 0.1) is 6.26 Å². The number of aryl methyl sites for hydroxylation is 1. The summed E-state index contributed by atoms with van der Waals surface area (Å²) in [5.74, 6) is 0.980. The molecule has 0 amide bonds. The maximum atomic E-state index is 5.21. The summed E-state index contributed by atoms with van der Waals surface area (Å²) in [5, 5.41) is 3.22. The fraction of sp³-hybridized carbons (Fsp3) is 0.556. The molecule has 1 N–H and O–H groups in total. The molecule has 0 aliphatic carbocycles. The van der Waals surface area contributed by atoms with Crippen molar-refractivity contribution < 1.29 is 4.42 Å². The molecule has 1 aromatic heterocycles. The van der Waals surface area contributed by atoms with Crippen molar-refractivity contribution in [2.75, 3.05) is 7.05 Å². The first-order valence-electron chi connectivity index (χ1n) is 4.00. The summed E-state index contributed by atoms with van der Waals surface area (Å²) in [4.78, 5) is 0. The summed E-state index contributed by atoms with van der Waals surface area (Å²) in [7, 11) is 1.97. The Kier molecular flexibility index (Phi) is 2.71. The molecule has 1 atom stereocenters. The van der Waals surface area contributed by atoms with Crippen LogP contribution in [-0.2, 0) is 0 Å². The van der Waals surface area contributed by atoms with E-state index >= 15 is 0 Å². The SMILES string of the molecule is CCC(NC)c1coc(C)c1. The van der Waals surface area contributed by atoms with E-state index in [0.29, 0.717) is 6.04 Å². The Hall–Kier alpha value is -0.760. The lowest BCUT2D eigenvalue weighted by molar-refractivity contribution is 0.517. The van der Waals surface area contributed by atoms with E-state index in [1.165, 1.54) is 5.56 Å². The van der Waals surface area contributed by atoms with Crippen molar-refractivity contribution in [1.29, 1.82) is 0 Å². The first kappa shape index (κ1) is 8.34. The first-order chi connectivity index (χ1) is 5.27. The van der Waals surface area contributed by atoms with Crippen LogP contribution in [0, 0.1) is 6.92 Å². The van der Waals surface area contributed by atoms with Crippen molar-refractivity contribution in [2.24, 2.45) is 0 Å². The summed E-state index contributed by atoms with van der Waals surface area (Å²) in [6, 6.07) is 2.51. The molecule has 0 saturated carbocycles. The Morgan fingerprint density at radius 2 is 2.36 bits per heavy atom. The van der Waals surface area contributed by atoms with E-state index in [9.17, 15) is 0 Å². The van der Waals surface area contributed by atoms with Crippen molar-refractivity contribution in [2.45, 2.75) is 26.3 Å². The van der Waals surface area contributed by atoms with Crippen molar-refractivity contribution in [1.82, 2.24) is 5.32 Å². The third-order valence-electron chi connectivity index (χ3n) is 1.91. The monoisotopic (exact) mass is 153 g/mol. The minimum absolute atomic E-state index is 0.437. The molecule has 11 heavy (non-hydrogen) atoms. The van der Waals surface area contributed by atoms with Crippen LogP contribution in [0.3, 0.4) is 0 Å². The van der Waals surface area contributed by atoms with E-state index in [4.69, 9.17) is 4.42 Å². The molecule has 0 saturated heterocycles. The van der Waals surface area contributed by atoms with Gasteiger partial charge in [-0.3, -0.25) is 0 Å². The largest absolute Gasteiger partial charge is 0.469 e. The second kappa shape index (κ2) is 3.58. The molecule has 0 bridgehead atoms. The van der Waals surface area contributed by atoms with E-state index in [1.807, 2.05) is 20.2 Å². The second-order valence-electron chi connectivity index (χ2n) is 2.74. The number of rotatable bonds is 3. The van der Waals surface area contributed by atoms with Crippen LogP contribution in [-0.4, -0.2) is 7.05 Å². The Labute approximate surface area is 67.6 Å². The van der Waals surface area contributed by atoms with Gasteiger partial charge in [-0.05, 0) is 26.5 Å². The molecule has 0 aromatic carbocycles. The predicted molar refractivity (Wildman–Crippen MR) is 45.5 cm³/mol. The van der Waals surface area contributed by atoms with Crippen LogP contribution < -0.4 is 5.32 Å². The highest BCUT2D eigenvalue weighted by Crippen LogP contribution is 2.17. The molecular formula is C9H15NO. The van der Waals surface area contributed by atoms with Crippen LogP contribution in [0.25, 0.3) is 0 Å². The zero-order valence-electron chi connectivity index (χ0n) is 7.35. The van der Waals surface area contributed by atoms with Gasteiger partial charge >= 0.3 is 0 Å². The van der Waals surface area contributed by atoms with Gasteiger partial charge in [-0.1, -0.05) is 6.92 Å². The van der Waals surface area contributed by atoms with E-state index in [1.54, 1.807) is 0 Å². The van der Waals surface area contributed by atoms with E-state index in [0.717, 1.165) is 12.2 Å². The lowest BCUT2D eigenvalue weighted by Gasteiger charge is -2.09. The summed E-state index contributed by atoms with van der Waals surface area (Å²) < 4.78 is 5.21. The number of hydrogen-bond donors (Lipinski definition) is 1. The topological polar surface area (TPSA) is 25.2 Å². The molecular weight excluding hydrogens is 138 g/mol. The van der Waals surface area contributed by atoms with Crippen LogP contribution in [0.4, 0.5) is 0 Å². The minimum atomic E-state index is 0.437. The number of furan rings is 1. The van der Waals surface area contributed by atoms with Gasteiger partial charge in [-0.25, -0.2) is 0 Å². The quantitative estimate of drug-likeness (QED) is 0.720. The van der Waals surface area contributed by atoms with Gasteiger partial charge in [0.1, 0.15) is 5.76 Å². The van der Waals surface area contributed by atoms with Gasteiger partial charge in [0.25, 0.3) is 0 Å². The van der Waals surface area contributed by atoms with Gasteiger partial charge in [0, 0.05) is 11.6 Å².